The molecule has 0 spiro atoms. The van der Waals surface area contributed by atoms with Gasteiger partial charge in [-0.1, -0.05) is 6.07 Å². The summed E-state index contributed by atoms with van der Waals surface area (Å²) in [5, 5.41) is 18.4. The summed E-state index contributed by atoms with van der Waals surface area (Å²) in [5.74, 6) is -2.94. The minimum atomic E-state index is -1.27. The molecular formula is C13H14N2O5. The van der Waals surface area contributed by atoms with Gasteiger partial charge >= 0.3 is 11.9 Å². The first kappa shape index (κ1) is 14.0. The van der Waals surface area contributed by atoms with Crippen molar-refractivity contribution in [3.8, 4) is 0 Å². The molecule has 0 radical (unpaired) electrons. The molecule has 0 aromatic heterocycles. The molecule has 0 aliphatic carbocycles. The van der Waals surface area contributed by atoms with E-state index in [0.29, 0.717) is 6.54 Å². The SMILES string of the molecule is NCC1CC(=O)N(c2c(C(=O)O)cccc2C(=O)O)C1. The van der Waals surface area contributed by atoms with Gasteiger partial charge in [0.2, 0.25) is 5.91 Å². The highest BCUT2D eigenvalue weighted by Crippen LogP contribution is 2.31. The second kappa shape index (κ2) is 5.30. The van der Waals surface area contributed by atoms with Gasteiger partial charge in [-0.2, -0.15) is 0 Å². The number of carbonyl (C=O) groups is 3. The van der Waals surface area contributed by atoms with E-state index in [2.05, 4.69) is 0 Å². The van der Waals surface area contributed by atoms with Crippen molar-refractivity contribution in [2.24, 2.45) is 11.7 Å². The lowest BCUT2D eigenvalue weighted by molar-refractivity contribution is -0.117. The standard InChI is InChI=1S/C13H14N2O5/c14-5-7-4-10(16)15(6-7)11-8(12(17)18)2-1-3-9(11)13(19)20/h1-3,7H,4-6,14H2,(H,17,18)(H,19,20). The van der Waals surface area contributed by atoms with E-state index in [1.807, 2.05) is 0 Å². The monoisotopic (exact) mass is 278 g/mol. The van der Waals surface area contributed by atoms with Crippen molar-refractivity contribution in [3.05, 3.63) is 29.3 Å². The van der Waals surface area contributed by atoms with E-state index in [9.17, 15) is 24.6 Å². The van der Waals surface area contributed by atoms with Gasteiger partial charge in [0.15, 0.2) is 0 Å². The fourth-order valence-corrected chi connectivity index (χ4v) is 2.34. The van der Waals surface area contributed by atoms with Gasteiger partial charge in [0.25, 0.3) is 0 Å². The van der Waals surface area contributed by atoms with Gasteiger partial charge in [-0.15, -0.1) is 0 Å². The van der Waals surface area contributed by atoms with Crippen molar-refractivity contribution in [1.29, 1.82) is 0 Å². The molecule has 0 saturated carbocycles. The molecule has 1 saturated heterocycles. The maximum Gasteiger partial charge on any atom is 0.337 e. The van der Waals surface area contributed by atoms with E-state index >= 15 is 0 Å². The minimum absolute atomic E-state index is 0.0616. The average molecular weight is 278 g/mol. The Labute approximate surface area is 114 Å². The second-order valence-corrected chi connectivity index (χ2v) is 4.62. The lowest BCUT2D eigenvalue weighted by Crippen LogP contribution is -2.29. The fraction of sp³-hybridized carbons (Fsp3) is 0.308. The van der Waals surface area contributed by atoms with E-state index in [1.54, 1.807) is 0 Å². The molecule has 1 aliphatic rings. The third kappa shape index (κ3) is 2.35. The molecule has 1 fully saturated rings. The lowest BCUT2D eigenvalue weighted by Gasteiger charge is -2.21. The van der Waals surface area contributed by atoms with Gasteiger partial charge in [-0.25, -0.2) is 9.59 Å². The Hall–Kier alpha value is -2.41. The maximum absolute atomic E-state index is 12.0. The molecule has 0 bridgehead atoms. The van der Waals surface area contributed by atoms with Crippen molar-refractivity contribution >= 4 is 23.5 Å². The first-order valence-corrected chi connectivity index (χ1v) is 6.05. The van der Waals surface area contributed by atoms with E-state index in [4.69, 9.17) is 5.73 Å². The Morgan fingerprint density at radius 1 is 1.25 bits per heavy atom. The van der Waals surface area contributed by atoms with Crippen LogP contribution in [0.4, 0.5) is 5.69 Å². The Morgan fingerprint density at radius 2 is 1.80 bits per heavy atom. The Morgan fingerprint density at radius 3 is 2.20 bits per heavy atom. The third-order valence-electron chi connectivity index (χ3n) is 3.31. The number of carbonyl (C=O) groups excluding carboxylic acids is 1. The van der Waals surface area contributed by atoms with Crippen molar-refractivity contribution in [3.63, 3.8) is 0 Å². The molecule has 1 heterocycles. The predicted octanol–water partition coefficient (Wildman–Crippen LogP) is 0.395. The van der Waals surface area contributed by atoms with E-state index in [-0.39, 0.29) is 41.6 Å². The van der Waals surface area contributed by atoms with Gasteiger partial charge < -0.3 is 20.8 Å². The summed E-state index contributed by atoms with van der Waals surface area (Å²) >= 11 is 0. The molecule has 7 nitrogen and oxygen atoms in total. The van der Waals surface area contributed by atoms with Gasteiger partial charge in [0.05, 0.1) is 16.8 Å². The first-order chi connectivity index (χ1) is 9.45. The normalized spacial score (nSPS) is 18.4. The lowest BCUT2D eigenvalue weighted by atomic mass is 10.1. The summed E-state index contributed by atoms with van der Waals surface area (Å²) in [6.07, 6.45) is 0.198. The molecule has 4 N–H and O–H groups in total. The topological polar surface area (TPSA) is 121 Å². The number of hydrogen-bond donors (Lipinski definition) is 3. The van der Waals surface area contributed by atoms with Crippen LogP contribution in [0.5, 0.6) is 0 Å². The molecule has 1 atom stereocenters. The van der Waals surface area contributed by atoms with Crippen LogP contribution in [-0.4, -0.2) is 41.1 Å². The smallest absolute Gasteiger partial charge is 0.337 e. The third-order valence-corrected chi connectivity index (χ3v) is 3.31. The number of carboxylic acids is 2. The van der Waals surface area contributed by atoms with Crippen LogP contribution in [0.2, 0.25) is 0 Å². The van der Waals surface area contributed by atoms with Crippen LogP contribution in [0, 0.1) is 5.92 Å². The van der Waals surface area contributed by atoms with Crippen molar-refractivity contribution in [1.82, 2.24) is 0 Å². The number of anilines is 1. The van der Waals surface area contributed by atoms with Gasteiger partial charge in [-0.3, -0.25) is 4.79 Å². The number of hydrogen-bond acceptors (Lipinski definition) is 4. The zero-order valence-corrected chi connectivity index (χ0v) is 10.6. The van der Waals surface area contributed by atoms with Crippen LogP contribution in [-0.2, 0) is 4.79 Å². The molecule has 1 aromatic rings. The van der Waals surface area contributed by atoms with Gasteiger partial charge in [0, 0.05) is 13.0 Å². The van der Waals surface area contributed by atoms with Crippen LogP contribution in [0.3, 0.4) is 0 Å². The summed E-state index contributed by atoms with van der Waals surface area (Å²) in [6.45, 7) is 0.528. The number of benzene rings is 1. The highest BCUT2D eigenvalue weighted by atomic mass is 16.4. The quantitative estimate of drug-likeness (QED) is 0.732. The minimum Gasteiger partial charge on any atom is -0.478 e. The number of nitrogens with two attached hydrogens (primary N) is 1. The number of nitrogens with zero attached hydrogens (tertiary/aromatic N) is 1. The summed E-state index contributed by atoms with van der Waals surface area (Å²) in [5.41, 5.74) is 5.06. The summed E-state index contributed by atoms with van der Waals surface area (Å²) < 4.78 is 0. The highest BCUT2D eigenvalue weighted by Gasteiger charge is 2.34. The molecule has 106 valence electrons. The van der Waals surface area contributed by atoms with E-state index in [1.165, 1.54) is 23.1 Å². The molecule has 1 aromatic carbocycles. The summed E-state index contributed by atoms with van der Waals surface area (Å²) in [4.78, 5) is 35.7. The predicted molar refractivity (Wildman–Crippen MR) is 69.9 cm³/mol. The van der Waals surface area contributed by atoms with Crippen LogP contribution in [0.25, 0.3) is 0 Å². The van der Waals surface area contributed by atoms with Crippen molar-refractivity contribution in [2.45, 2.75) is 6.42 Å². The molecular weight excluding hydrogens is 264 g/mol. The molecule has 20 heavy (non-hydrogen) atoms. The number of para-hydroxylation sites is 1. The number of carboxylic acid groups (broad SMARTS) is 2. The molecule has 1 amide bonds. The molecule has 1 unspecified atom stereocenters. The first-order valence-electron chi connectivity index (χ1n) is 6.05. The molecule has 1 aliphatic heterocycles. The zero-order chi connectivity index (χ0) is 14.9. The van der Waals surface area contributed by atoms with Gasteiger partial charge in [0.1, 0.15) is 0 Å². The van der Waals surface area contributed by atoms with Crippen LogP contribution < -0.4 is 10.6 Å². The van der Waals surface area contributed by atoms with Crippen LogP contribution >= 0.6 is 0 Å². The fourth-order valence-electron chi connectivity index (χ4n) is 2.34. The van der Waals surface area contributed by atoms with Gasteiger partial charge in [-0.05, 0) is 24.6 Å². The van der Waals surface area contributed by atoms with E-state index in [0.717, 1.165) is 0 Å². The van der Waals surface area contributed by atoms with Crippen molar-refractivity contribution in [2.75, 3.05) is 18.0 Å². The Bertz CT molecular complexity index is 552. The summed E-state index contributed by atoms with van der Waals surface area (Å²) in [6, 6.07) is 3.91. The van der Waals surface area contributed by atoms with Crippen molar-refractivity contribution < 1.29 is 24.6 Å². The number of rotatable bonds is 4. The Balaban J connectivity index is 2.56. The second-order valence-electron chi connectivity index (χ2n) is 4.62. The zero-order valence-electron chi connectivity index (χ0n) is 10.6. The molecule has 7 heteroatoms. The van der Waals surface area contributed by atoms with Crippen LogP contribution in [0.15, 0.2) is 18.2 Å². The maximum atomic E-state index is 12.0. The Kier molecular flexibility index (Phi) is 3.71. The highest BCUT2D eigenvalue weighted by molar-refractivity contribution is 6.09. The summed E-state index contributed by atoms with van der Waals surface area (Å²) in [7, 11) is 0. The molecule has 2 rings (SSSR count). The largest absolute Gasteiger partial charge is 0.478 e. The number of aromatic carboxylic acids is 2. The van der Waals surface area contributed by atoms with Crippen LogP contribution in [0.1, 0.15) is 27.1 Å². The average Bonchev–Trinajstić information content (AvgIpc) is 2.78. The van der Waals surface area contributed by atoms with E-state index < -0.39 is 11.9 Å². The number of amides is 1.